The predicted molar refractivity (Wildman–Crippen MR) is 114 cm³/mol. The van der Waals surface area contributed by atoms with Gasteiger partial charge in [-0.05, 0) is 55.3 Å². The number of rotatable bonds is 5. The number of nitrogens with two attached hydrogens (primary N) is 2. The number of nitrogens with one attached hydrogen (secondary N) is 1. The van der Waals surface area contributed by atoms with Gasteiger partial charge in [0, 0.05) is 12.6 Å². The maximum absolute atomic E-state index is 13.3. The minimum absolute atomic E-state index is 0.0619. The molecule has 29 heavy (non-hydrogen) atoms. The first kappa shape index (κ1) is 20.6. The Morgan fingerprint density at radius 3 is 2.69 bits per heavy atom. The topological polar surface area (TPSA) is 106 Å². The Morgan fingerprint density at radius 2 is 2.03 bits per heavy atom. The van der Waals surface area contributed by atoms with Crippen molar-refractivity contribution in [3.8, 4) is 10.6 Å². The zero-order valence-corrected chi connectivity index (χ0v) is 17.1. The SMILES string of the molecule is Cc1cc(F)ccc1-c1nc(C)c(NC(=O)OCc2ccc(N(C)N)c(N)c2)s1. The highest BCUT2D eigenvalue weighted by molar-refractivity contribution is 7.19. The molecular formula is C20H22FN5O2S. The number of ether oxygens (including phenoxy) is 1. The molecule has 1 heterocycles. The molecule has 0 aliphatic carbocycles. The number of hydrogen-bond acceptors (Lipinski definition) is 7. The number of aryl methyl sites for hydroxylation is 2. The molecule has 0 aliphatic rings. The molecule has 1 amide bonds. The van der Waals surface area contributed by atoms with E-state index in [1.54, 1.807) is 38.2 Å². The number of halogens is 1. The second-order valence-corrected chi connectivity index (χ2v) is 7.60. The average molecular weight is 415 g/mol. The number of anilines is 3. The summed E-state index contributed by atoms with van der Waals surface area (Å²) in [6.45, 7) is 3.67. The van der Waals surface area contributed by atoms with Crippen molar-refractivity contribution >= 4 is 33.8 Å². The summed E-state index contributed by atoms with van der Waals surface area (Å²) < 4.78 is 18.6. The molecule has 5 N–H and O–H groups in total. The highest BCUT2D eigenvalue weighted by Crippen LogP contribution is 2.33. The largest absolute Gasteiger partial charge is 0.444 e. The van der Waals surface area contributed by atoms with Crippen LogP contribution in [0.2, 0.25) is 0 Å². The third-order valence-electron chi connectivity index (χ3n) is 4.27. The van der Waals surface area contributed by atoms with Crippen LogP contribution in [0.15, 0.2) is 36.4 Å². The minimum atomic E-state index is -0.599. The van der Waals surface area contributed by atoms with Gasteiger partial charge in [0.2, 0.25) is 0 Å². The van der Waals surface area contributed by atoms with Crippen LogP contribution in [0.5, 0.6) is 0 Å². The summed E-state index contributed by atoms with van der Waals surface area (Å²) in [6, 6.07) is 9.77. The van der Waals surface area contributed by atoms with E-state index in [4.69, 9.17) is 16.3 Å². The van der Waals surface area contributed by atoms with E-state index in [9.17, 15) is 9.18 Å². The molecule has 0 fully saturated rings. The Labute approximate surface area is 172 Å². The van der Waals surface area contributed by atoms with Gasteiger partial charge in [0.25, 0.3) is 0 Å². The van der Waals surface area contributed by atoms with Crippen LogP contribution in [-0.2, 0) is 11.3 Å². The Balaban J connectivity index is 1.65. The number of benzene rings is 2. The summed E-state index contributed by atoms with van der Waals surface area (Å²) in [5, 5.41) is 5.40. The van der Waals surface area contributed by atoms with Crippen molar-refractivity contribution in [1.82, 2.24) is 4.98 Å². The van der Waals surface area contributed by atoms with E-state index in [0.29, 0.717) is 27.1 Å². The first-order valence-electron chi connectivity index (χ1n) is 8.79. The molecule has 0 radical (unpaired) electrons. The molecule has 0 aliphatic heterocycles. The van der Waals surface area contributed by atoms with Gasteiger partial charge in [-0.25, -0.2) is 20.0 Å². The smallest absolute Gasteiger partial charge is 0.412 e. The van der Waals surface area contributed by atoms with Crippen molar-refractivity contribution in [3.05, 3.63) is 59.0 Å². The first-order chi connectivity index (χ1) is 13.7. The maximum atomic E-state index is 13.3. The Bertz CT molecular complexity index is 1050. The third-order valence-corrected chi connectivity index (χ3v) is 5.38. The molecule has 7 nitrogen and oxygen atoms in total. The highest BCUT2D eigenvalue weighted by atomic mass is 32.1. The van der Waals surface area contributed by atoms with Crippen molar-refractivity contribution < 1.29 is 13.9 Å². The summed E-state index contributed by atoms with van der Waals surface area (Å²) >= 11 is 1.31. The molecule has 0 bridgehead atoms. The monoisotopic (exact) mass is 415 g/mol. The van der Waals surface area contributed by atoms with Crippen molar-refractivity contribution in [2.75, 3.05) is 23.1 Å². The van der Waals surface area contributed by atoms with E-state index in [2.05, 4.69) is 10.3 Å². The fourth-order valence-electron chi connectivity index (χ4n) is 2.79. The van der Waals surface area contributed by atoms with E-state index < -0.39 is 6.09 Å². The third kappa shape index (κ3) is 4.82. The molecule has 0 saturated heterocycles. The fourth-order valence-corrected chi connectivity index (χ4v) is 3.83. The van der Waals surface area contributed by atoms with Crippen molar-refractivity contribution in [2.45, 2.75) is 20.5 Å². The summed E-state index contributed by atoms with van der Waals surface area (Å²) in [5.41, 5.74) is 10.1. The lowest BCUT2D eigenvalue weighted by Gasteiger charge is -2.15. The standard InChI is InChI=1S/C20H22FN5O2S/c1-11-8-14(21)5-6-15(11)19-24-12(2)18(29-19)25-20(27)28-10-13-4-7-17(26(3)23)16(22)9-13/h4-9H,10,22-23H2,1-3H3,(H,25,27). The fraction of sp³-hybridized carbons (Fsp3) is 0.200. The van der Waals surface area contributed by atoms with Gasteiger partial charge in [-0.1, -0.05) is 17.4 Å². The van der Waals surface area contributed by atoms with Gasteiger partial charge < -0.3 is 15.5 Å². The number of aromatic nitrogens is 1. The lowest BCUT2D eigenvalue weighted by Crippen LogP contribution is -2.26. The van der Waals surface area contributed by atoms with Crippen LogP contribution in [0.1, 0.15) is 16.8 Å². The zero-order valence-electron chi connectivity index (χ0n) is 16.3. The van der Waals surface area contributed by atoms with Gasteiger partial charge in [0.15, 0.2) is 0 Å². The van der Waals surface area contributed by atoms with Gasteiger partial charge >= 0.3 is 6.09 Å². The summed E-state index contributed by atoms with van der Waals surface area (Å²) in [5.74, 6) is 5.38. The first-order valence-corrected chi connectivity index (χ1v) is 9.61. The van der Waals surface area contributed by atoms with Crippen LogP contribution in [-0.4, -0.2) is 18.1 Å². The van der Waals surface area contributed by atoms with Crippen molar-refractivity contribution in [3.63, 3.8) is 0 Å². The average Bonchev–Trinajstić information content (AvgIpc) is 2.99. The van der Waals surface area contributed by atoms with Crippen LogP contribution < -0.4 is 21.9 Å². The van der Waals surface area contributed by atoms with Gasteiger partial charge in [0.1, 0.15) is 22.4 Å². The number of carbonyl (C=O) groups is 1. The second-order valence-electron chi connectivity index (χ2n) is 6.60. The lowest BCUT2D eigenvalue weighted by atomic mass is 10.1. The maximum Gasteiger partial charge on any atom is 0.412 e. The summed E-state index contributed by atoms with van der Waals surface area (Å²) in [6.07, 6.45) is -0.599. The van der Waals surface area contributed by atoms with Gasteiger partial charge in [-0.15, -0.1) is 0 Å². The molecule has 1 aromatic heterocycles. The minimum Gasteiger partial charge on any atom is -0.444 e. The number of carbonyl (C=O) groups excluding carboxylic acids is 1. The van der Waals surface area contributed by atoms with E-state index >= 15 is 0 Å². The van der Waals surface area contributed by atoms with Gasteiger partial charge in [-0.2, -0.15) is 0 Å². The molecule has 0 spiro atoms. The van der Waals surface area contributed by atoms with Crippen LogP contribution in [0, 0.1) is 19.7 Å². The summed E-state index contributed by atoms with van der Waals surface area (Å²) in [7, 11) is 1.69. The number of hydrazine groups is 1. The van der Waals surface area contributed by atoms with Gasteiger partial charge in [0.05, 0.1) is 17.1 Å². The molecule has 3 rings (SSSR count). The van der Waals surface area contributed by atoms with Gasteiger partial charge in [-0.3, -0.25) is 5.32 Å². The normalized spacial score (nSPS) is 10.7. The molecule has 0 saturated carbocycles. The van der Waals surface area contributed by atoms with E-state index in [1.165, 1.54) is 28.5 Å². The van der Waals surface area contributed by atoms with Crippen LogP contribution >= 0.6 is 11.3 Å². The molecule has 0 unspecified atom stereocenters. The van der Waals surface area contributed by atoms with E-state index in [-0.39, 0.29) is 12.4 Å². The molecule has 9 heteroatoms. The Kier molecular flexibility index (Phi) is 6.00. The number of nitrogens with zero attached hydrogens (tertiary/aromatic N) is 2. The number of thiazole rings is 1. The Hall–Kier alpha value is -3.17. The lowest BCUT2D eigenvalue weighted by molar-refractivity contribution is 0.155. The quantitative estimate of drug-likeness (QED) is 0.327. The zero-order chi connectivity index (χ0) is 21.1. The molecule has 0 atom stereocenters. The second kappa shape index (κ2) is 8.46. The van der Waals surface area contributed by atoms with Crippen LogP contribution in [0.3, 0.4) is 0 Å². The van der Waals surface area contributed by atoms with Crippen molar-refractivity contribution in [1.29, 1.82) is 0 Å². The number of hydrogen-bond donors (Lipinski definition) is 3. The molecule has 3 aromatic rings. The Morgan fingerprint density at radius 1 is 1.28 bits per heavy atom. The van der Waals surface area contributed by atoms with E-state index in [1.807, 2.05) is 6.92 Å². The number of nitrogen functional groups attached to an aromatic ring is 1. The van der Waals surface area contributed by atoms with Crippen LogP contribution in [0.25, 0.3) is 10.6 Å². The highest BCUT2D eigenvalue weighted by Gasteiger charge is 2.15. The predicted octanol–water partition coefficient (Wildman–Crippen LogP) is 4.21. The van der Waals surface area contributed by atoms with E-state index in [0.717, 1.165) is 16.7 Å². The van der Waals surface area contributed by atoms with Crippen molar-refractivity contribution in [2.24, 2.45) is 5.84 Å². The van der Waals surface area contributed by atoms with Crippen LogP contribution in [0.4, 0.5) is 25.6 Å². The molecular weight excluding hydrogens is 393 g/mol. The molecule has 152 valence electrons. The number of amides is 1. The summed E-state index contributed by atoms with van der Waals surface area (Å²) in [4.78, 5) is 16.7. The molecule has 2 aromatic carbocycles.